The predicted octanol–water partition coefficient (Wildman–Crippen LogP) is 4.63. The quantitative estimate of drug-likeness (QED) is 0.536. The van der Waals surface area contributed by atoms with E-state index in [4.69, 9.17) is 4.74 Å². The van der Waals surface area contributed by atoms with Gasteiger partial charge in [-0.2, -0.15) is 0 Å². The predicted molar refractivity (Wildman–Crippen MR) is 77.8 cm³/mol. The molecule has 0 bridgehead atoms. The first kappa shape index (κ1) is 14.6. The Balaban J connectivity index is 2.19. The first-order valence-electron chi connectivity index (χ1n) is 7.63. The van der Waals surface area contributed by atoms with Gasteiger partial charge in [0.25, 0.3) is 0 Å². The number of carbonyl (C=O) groups is 1. The van der Waals surface area contributed by atoms with Crippen molar-refractivity contribution in [3.05, 3.63) is 11.1 Å². The zero-order valence-corrected chi connectivity index (χ0v) is 13.1. The van der Waals surface area contributed by atoms with Gasteiger partial charge in [-0.05, 0) is 64.7 Å². The summed E-state index contributed by atoms with van der Waals surface area (Å²) in [6.07, 6.45) is 7.46. The van der Waals surface area contributed by atoms with Crippen LogP contribution in [0.4, 0.5) is 0 Å². The number of fused-ring (bicyclic) bond motifs is 1. The molecule has 0 aliphatic heterocycles. The van der Waals surface area contributed by atoms with Gasteiger partial charge < -0.3 is 4.74 Å². The van der Waals surface area contributed by atoms with Gasteiger partial charge in [0.05, 0.1) is 0 Å². The van der Waals surface area contributed by atoms with Crippen molar-refractivity contribution < 1.29 is 9.53 Å². The van der Waals surface area contributed by atoms with E-state index >= 15 is 0 Å². The molecule has 1 saturated carbocycles. The molecule has 1 fully saturated rings. The summed E-state index contributed by atoms with van der Waals surface area (Å²) in [6, 6.07) is 0. The van der Waals surface area contributed by atoms with Crippen LogP contribution in [0, 0.1) is 11.3 Å². The van der Waals surface area contributed by atoms with Crippen LogP contribution in [0.5, 0.6) is 0 Å². The topological polar surface area (TPSA) is 26.3 Å². The van der Waals surface area contributed by atoms with E-state index in [0.717, 1.165) is 6.42 Å². The van der Waals surface area contributed by atoms with Crippen LogP contribution in [0.15, 0.2) is 11.1 Å². The largest absolute Gasteiger partial charge is 0.460 e. The summed E-state index contributed by atoms with van der Waals surface area (Å²) in [6.45, 7) is 10.4. The molecule has 0 aromatic carbocycles. The number of ether oxygens (including phenoxy) is 1. The molecule has 2 nitrogen and oxygen atoms in total. The molecule has 0 saturated heterocycles. The molecule has 0 aromatic rings. The number of hydrogen-bond donors (Lipinski definition) is 0. The van der Waals surface area contributed by atoms with Crippen LogP contribution < -0.4 is 0 Å². The van der Waals surface area contributed by atoms with Crippen LogP contribution in [0.3, 0.4) is 0 Å². The molecule has 2 aliphatic rings. The Morgan fingerprint density at radius 1 is 1.37 bits per heavy atom. The van der Waals surface area contributed by atoms with Gasteiger partial charge in [-0.15, -0.1) is 0 Å². The third-order valence-corrected chi connectivity index (χ3v) is 5.41. The van der Waals surface area contributed by atoms with E-state index in [9.17, 15) is 4.79 Å². The summed E-state index contributed by atoms with van der Waals surface area (Å²) >= 11 is 0. The second-order valence-corrected chi connectivity index (χ2v) is 7.31. The zero-order chi connectivity index (χ0) is 14.3. The first-order chi connectivity index (χ1) is 8.74. The summed E-state index contributed by atoms with van der Waals surface area (Å²) < 4.78 is 5.56. The lowest BCUT2D eigenvalue weighted by atomic mass is 9.59. The van der Waals surface area contributed by atoms with Crippen LogP contribution in [0.1, 0.15) is 73.1 Å². The maximum atomic E-state index is 11.3. The SMILES string of the molecule is CC(=O)OC(C)(C)[C@@H]1CC[C@@]2(C)CCCC(C)=C2C1. The van der Waals surface area contributed by atoms with E-state index < -0.39 is 0 Å². The van der Waals surface area contributed by atoms with E-state index in [2.05, 4.69) is 27.7 Å². The van der Waals surface area contributed by atoms with Crippen molar-refractivity contribution in [3.63, 3.8) is 0 Å². The van der Waals surface area contributed by atoms with Crippen molar-refractivity contribution in [2.24, 2.45) is 11.3 Å². The van der Waals surface area contributed by atoms with Gasteiger partial charge in [-0.3, -0.25) is 4.79 Å². The average molecular weight is 264 g/mol. The standard InChI is InChI=1S/C17H28O2/c1-12-7-6-9-17(5)10-8-14(11-15(12)17)16(3,4)19-13(2)18/h14H,6-11H2,1-5H3/t14-,17-/m1/s1. The van der Waals surface area contributed by atoms with Crippen LogP contribution in [0.25, 0.3) is 0 Å². The fourth-order valence-electron chi connectivity index (χ4n) is 4.15. The Morgan fingerprint density at radius 2 is 2.05 bits per heavy atom. The highest BCUT2D eigenvalue weighted by molar-refractivity contribution is 5.66. The lowest BCUT2D eigenvalue weighted by Gasteiger charge is -2.47. The molecular formula is C17H28O2. The highest BCUT2D eigenvalue weighted by Crippen LogP contribution is 2.53. The van der Waals surface area contributed by atoms with Gasteiger partial charge in [-0.25, -0.2) is 0 Å². The fourth-order valence-corrected chi connectivity index (χ4v) is 4.15. The molecule has 2 heteroatoms. The molecule has 2 rings (SSSR count). The molecule has 0 spiro atoms. The number of hydrogen-bond acceptors (Lipinski definition) is 2. The molecule has 0 aromatic heterocycles. The lowest BCUT2D eigenvalue weighted by Crippen LogP contribution is -2.42. The minimum Gasteiger partial charge on any atom is -0.460 e. The maximum Gasteiger partial charge on any atom is 0.303 e. The Labute approximate surface area is 117 Å². The van der Waals surface area contributed by atoms with Gasteiger partial charge >= 0.3 is 5.97 Å². The summed E-state index contributed by atoms with van der Waals surface area (Å²) in [5.41, 5.74) is 3.34. The minimum absolute atomic E-state index is 0.160. The van der Waals surface area contributed by atoms with Crippen LogP contribution in [-0.2, 0) is 9.53 Å². The summed E-state index contributed by atoms with van der Waals surface area (Å²) in [5.74, 6) is 0.306. The molecule has 2 atom stereocenters. The van der Waals surface area contributed by atoms with Crippen molar-refractivity contribution in [3.8, 4) is 0 Å². The van der Waals surface area contributed by atoms with E-state index in [0.29, 0.717) is 11.3 Å². The molecular weight excluding hydrogens is 236 g/mol. The fraction of sp³-hybridized carbons (Fsp3) is 0.824. The number of rotatable bonds is 2. The molecule has 0 heterocycles. The summed E-state index contributed by atoms with van der Waals surface area (Å²) in [7, 11) is 0. The van der Waals surface area contributed by atoms with E-state index in [1.165, 1.54) is 39.0 Å². The molecule has 0 unspecified atom stereocenters. The molecule has 2 aliphatic carbocycles. The normalized spacial score (nSPS) is 31.9. The van der Waals surface area contributed by atoms with E-state index in [1.54, 1.807) is 11.1 Å². The Hall–Kier alpha value is -0.790. The smallest absolute Gasteiger partial charge is 0.303 e. The molecule has 19 heavy (non-hydrogen) atoms. The summed E-state index contributed by atoms with van der Waals surface area (Å²) in [4.78, 5) is 11.3. The van der Waals surface area contributed by atoms with Gasteiger partial charge in [-0.1, -0.05) is 18.1 Å². The van der Waals surface area contributed by atoms with Gasteiger partial charge in [0.1, 0.15) is 5.60 Å². The van der Waals surface area contributed by atoms with Gasteiger partial charge in [0, 0.05) is 12.8 Å². The molecule has 108 valence electrons. The van der Waals surface area contributed by atoms with E-state index in [1.807, 2.05) is 0 Å². The lowest BCUT2D eigenvalue weighted by molar-refractivity contribution is -0.160. The second-order valence-electron chi connectivity index (χ2n) is 7.31. The molecule has 0 radical (unpaired) electrons. The third-order valence-electron chi connectivity index (χ3n) is 5.41. The Bertz CT molecular complexity index is 405. The third kappa shape index (κ3) is 2.88. The van der Waals surface area contributed by atoms with E-state index in [-0.39, 0.29) is 11.6 Å². The number of allylic oxidation sites excluding steroid dienone is 2. The molecule has 0 amide bonds. The van der Waals surface area contributed by atoms with Gasteiger partial charge in [0.2, 0.25) is 0 Å². The van der Waals surface area contributed by atoms with Crippen LogP contribution in [0.2, 0.25) is 0 Å². The minimum atomic E-state index is -0.335. The van der Waals surface area contributed by atoms with Crippen LogP contribution in [-0.4, -0.2) is 11.6 Å². The van der Waals surface area contributed by atoms with Crippen molar-refractivity contribution in [1.82, 2.24) is 0 Å². The Kier molecular flexibility index (Phi) is 3.81. The van der Waals surface area contributed by atoms with Crippen LogP contribution >= 0.6 is 0 Å². The average Bonchev–Trinajstić information content (AvgIpc) is 2.26. The maximum absolute atomic E-state index is 11.3. The number of carbonyl (C=O) groups excluding carboxylic acids is 1. The first-order valence-corrected chi connectivity index (χ1v) is 7.63. The van der Waals surface area contributed by atoms with Gasteiger partial charge in [0.15, 0.2) is 0 Å². The monoisotopic (exact) mass is 264 g/mol. The highest BCUT2D eigenvalue weighted by Gasteiger charge is 2.43. The Morgan fingerprint density at radius 3 is 2.68 bits per heavy atom. The molecule has 0 N–H and O–H groups in total. The number of esters is 1. The van der Waals surface area contributed by atoms with Crippen molar-refractivity contribution in [1.29, 1.82) is 0 Å². The van der Waals surface area contributed by atoms with Crippen molar-refractivity contribution in [2.45, 2.75) is 78.7 Å². The highest BCUT2D eigenvalue weighted by atomic mass is 16.6. The van der Waals surface area contributed by atoms with Crippen molar-refractivity contribution in [2.75, 3.05) is 0 Å². The van der Waals surface area contributed by atoms with Crippen molar-refractivity contribution >= 4 is 5.97 Å². The zero-order valence-electron chi connectivity index (χ0n) is 13.1. The second kappa shape index (κ2) is 4.96. The summed E-state index contributed by atoms with van der Waals surface area (Å²) in [5, 5.41) is 0.